The van der Waals surface area contributed by atoms with Crippen LogP contribution < -0.4 is 5.32 Å². The number of ether oxygens (including phenoxy) is 1. The molecule has 100 valence electrons. The molecular formula is C10H13ClN2O4S. The molecule has 0 spiro atoms. The fourth-order valence-corrected chi connectivity index (χ4v) is 2.01. The lowest BCUT2D eigenvalue weighted by Crippen LogP contribution is -2.24. The fourth-order valence-electron chi connectivity index (χ4n) is 1.17. The number of nitrogens with zero attached hydrogens (tertiary/aromatic N) is 1. The van der Waals surface area contributed by atoms with Gasteiger partial charge in [-0.05, 0) is 12.5 Å². The first-order valence-electron chi connectivity index (χ1n) is 5.31. The predicted octanol–water partition coefficient (Wildman–Crippen LogP) is 2.03. The van der Waals surface area contributed by atoms with Gasteiger partial charge in [-0.25, -0.2) is 0 Å². The van der Waals surface area contributed by atoms with Crippen LogP contribution in [0.2, 0.25) is 0 Å². The normalized spacial score (nSPS) is 10.3. The van der Waals surface area contributed by atoms with Crippen LogP contribution in [0.4, 0.5) is 5.00 Å². The Morgan fingerprint density at radius 1 is 1.50 bits per heavy atom. The predicted molar refractivity (Wildman–Crippen MR) is 69.5 cm³/mol. The van der Waals surface area contributed by atoms with Crippen LogP contribution in [-0.2, 0) is 4.74 Å². The van der Waals surface area contributed by atoms with Crippen molar-refractivity contribution in [3.63, 3.8) is 0 Å². The van der Waals surface area contributed by atoms with Crippen molar-refractivity contribution in [1.29, 1.82) is 0 Å². The van der Waals surface area contributed by atoms with Gasteiger partial charge in [-0.1, -0.05) is 11.3 Å². The summed E-state index contributed by atoms with van der Waals surface area (Å²) in [6.07, 6.45) is 0.677. The summed E-state index contributed by atoms with van der Waals surface area (Å²) in [5.74, 6) is 0.149. The van der Waals surface area contributed by atoms with Crippen LogP contribution in [-0.4, -0.2) is 36.5 Å². The molecule has 0 saturated heterocycles. The molecule has 8 heteroatoms. The molecule has 0 unspecified atom stereocenters. The van der Waals surface area contributed by atoms with Gasteiger partial charge in [0.15, 0.2) is 0 Å². The number of alkyl halides is 1. The van der Waals surface area contributed by atoms with E-state index in [2.05, 4.69) is 5.32 Å². The monoisotopic (exact) mass is 292 g/mol. The summed E-state index contributed by atoms with van der Waals surface area (Å²) < 4.78 is 5.14. The zero-order chi connectivity index (χ0) is 13.4. The minimum Gasteiger partial charge on any atom is -0.380 e. The molecule has 18 heavy (non-hydrogen) atoms. The summed E-state index contributed by atoms with van der Waals surface area (Å²) >= 11 is 6.29. The zero-order valence-corrected chi connectivity index (χ0v) is 11.1. The molecule has 0 bridgehead atoms. The van der Waals surface area contributed by atoms with E-state index in [1.807, 2.05) is 0 Å². The van der Waals surface area contributed by atoms with E-state index in [0.717, 1.165) is 11.3 Å². The van der Waals surface area contributed by atoms with Crippen LogP contribution in [0.3, 0.4) is 0 Å². The molecule has 0 radical (unpaired) electrons. The van der Waals surface area contributed by atoms with E-state index < -0.39 is 4.92 Å². The molecule has 1 N–H and O–H groups in total. The van der Waals surface area contributed by atoms with E-state index in [-0.39, 0.29) is 10.9 Å². The minimum atomic E-state index is -0.512. The van der Waals surface area contributed by atoms with Crippen LogP contribution in [0.1, 0.15) is 16.1 Å². The van der Waals surface area contributed by atoms with Crippen molar-refractivity contribution in [2.75, 3.05) is 25.6 Å². The van der Waals surface area contributed by atoms with Gasteiger partial charge in [0, 0.05) is 25.1 Å². The lowest BCUT2D eigenvalue weighted by atomic mass is 10.4. The van der Waals surface area contributed by atoms with Gasteiger partial charge < -0.3 is 10.1 Å². The first-order valence-corrected chi connectivity index (χ1v) is 6.66. The van der Waals surface area contributed by atoms with Gasteiger partial charge in [-0.3, -0.25) is 14.9 Å². The Morgan fingerprint density at radius 3 is 2.89 bits per heavy atom. The summed E-state index contributed by atoms with van der Waals surface area (Å²) in [6, 6.07) is 2.77. The van der Waals surface area contributed by atoms with Crippen molar-refractivity contribution in [1.82, 2.24) is 5.32 Å². The molecular weight excluding hydrogens is 280 g/mol. The maximum atomic E-state index is 11.6. The Labute approximate surface area is 113 Å². The Balaban J connectivity index is 2.25. The first-order chi connectivity index (χ1) is 8.65. The van der Waals surface area contributed by atoms with E-state index in [4.69, 9.17) is 16.3 Å². The van der Waals surface area contributed by atoms with Gasteiger partial charge in [-0.15, -0.1) is 11.6 Å². The standard InChI is InChI=1S/C10H13ClN2O4S/c11-4-7-17-6-1-5-12-10(14)8-2-3-9(18-8)13(15)16/h2-3H,1,4-7H2,(H,12,14). The second-order valence-corrected chi connectivity index (χ2v) is 4.75. The fraction of sp³-hybridized carbons (Fsp3) is 0.500. The summed E-state index contributed by atoms with van der Waals surface area (Å²) in [4.78, 5) is 21.9. The highest BCUT2D eigenvalue weighted by molar-refractivity contribution is 7.17. The van der Waals surface area contributed by atoms with E-state index in [0.29, 0.717) is 36.9 Å². The van der Waals surface area contributed by atoms with Crippen molar-refractivity contribution >= 4 is 33.8 Å². The largest absolute Gasteiger partial charge is 0.380 e. The minimum absolute atomic E-state index is 0.0365. The molecule has 0 aromatic carbocycles. The Bertz CT molecular complexity index is 410. The molecule has 1 heterocycles. The van der Waals surface area contributed by atoms with Crippen molar-refractivity contribution in [3.05, 3.63) is 27.1 Å². The van der Waals surface area contributed by atoms with E-state index >= 15 is 0 Å². The Kier molecular flexibility index (Phi) is 6.63. The molecule has 0 fully saturated rings. The van der Waals surface area contributed by atoms with Crippen molar-refractivity contribution in [2.24, 2.45) is 0 Å². The summed E-state index contributed by atoms with van der Waals surface area (Å²) in [6.45, 7) is 1.48. The molecule has 1 rings (SSSR count). The average molecular weight is 293 g/mol. The number of rotatable bonds is 8. The number of carbonyl (C=O) groups excluding carboxylic acids is 1. The highest BCUT2D eigenvalue weighted by Gasteiger charge is 2.14. The van der Waals surface area contributed by atoms with E-state index in [1.54, 1.807) is 0 Å². The summed E-state index contributed by atoms with van der Waals surface area (Å²) in [5, 5.41) is 13.1. The smallest absolute Gasteiger partial charge is 0.324 e. The maximum Gasteiger partial charge on any atom is 0.324 e. The topological polar surface area (TPSA) is 81.5 Å². The number of carbonyl (C=O) groups is 1. The second kappa shape index (κ2) is 8.02. The Morgan fingerprint density at radius 2 is 2.28 bits per heavy atom. The number of thiophene rings is 1. The zero-order valence-electron chi connectivity index (χ0n) is 9.56. The van der Waals surface area contributed by atoms with Crippen LogP contribution >= 0.6 is 22.9 Å². The molecule has 0 aliphatic carbocycles. The van der Waals surface area contributed by atoms with Crippen molar-refractivity contribution in [3.8, 4) is 0 Å². The SMILES string of the molecule is O=C(NCCCOCCCl)c1ccc([N+](=O)[O-])s1. The van der Waals surface area contributed by atoms with Gasteiger partial charge in [0.25, 0.3) is 5.91 Å². The van der Waals surface area contributed by atoms with Gasteiger partial charge in [-0.2, -0.15) is 0 Å². The maximum absolute atomic E-state index is 11.6. The van der Waals surface area contributed by atoms with E-state index in [9.17, 15) is 14.9 Å². The van der Waals surface area contributed by atoms with Crippen LogP contribution in [0.15, 0.2) is 12.1 Å². The van der Waals surface area contributed by atoms with Crippen LogP contribution in [0, 0.1) is 10.1 Å². The summed E-state index contributed by atoms with van der Waals surface area (Å²) in [7, 11) is 0. The van der Waals surface area contributed by atoms with Gasteiger partial charge in [0.1, 0.15) is 0 Å². The third-order valence-corrected chi connectivity index (χ3v) is 3.16. The second-order valence-electron chi connectivity index (χ2n) is 3.31. The third-order valence-electron chi connectivity index (χ3n) is 1.97. The number of amides is 1. The lowest BCUT2D eigenvalue weighted by Gasteiger charge is -2.03. The molecule has 6 nitrogen and oxygen atoms in total. The van der Waals surface area contributed by atoms with Crippen molar-refractivity contribution in [2.45, 2.75) is 6.42 Å². The van der Waals surface area contributed by atoms with Crippen LogP contribution in [0.25, 0.3) is 0 Å². The highest BCUT2D eigenvalue weighted by atomic mass is 35.5. The molecule has 1 aromatic heterocycles. The first kappa shape index (κ1) is 14.9. The van der Waals surface area contributed by atoms with Gasteiger partial charge in [0.2, 0.25) is 0 Å². The molecule has 1 amide bonds. The van der Waals surface area contributed by atoms with E-state index in [1.165, 1.54) is 12.1 Å². The van der Waals surface area contributed by atoms with Gasteiger partial charge >= 0.3 is 5.00 Å². The number of halogens is 1. The van der Waals surface area contributed by atoms with Gasteiger partial charge in [0.05, 0.1) is 16.4 Å². The van der Waals surface area contributed by atoms with Crippen molar-refractivity contribution < 1.29 is 14.5 Å². The number of nitro groups is 1. The highest BCUT2D eigenvalue weighted by Crippen LogP contribution is 2.23. The lowest BCUT2D eigenvalue weighted by molar-refractivity contribution is -0.380. The molecule has 0 saturated carbocycles. The Hall–Kier alpha value is -1.18. The molecule has 0 aliphatic heterocycles. The number of hydrogen-bond donors (Lipinski definition) is 1. The quantitative estimate of drug-likeness (QED) is 0.344. The average Bonchev–Trinajstić information content (AvgIpc) is 2.83. The summed E-state index contributed by atoms with van der Waals surface area (Å²) in [5.41, 5.74) is 0. The molecule has 0 atom stereocenters. The molecule has 1 aromatic rings. The third kappa shape index (κ3) is 4.99. The number of nitrogens with one attached hydrogen (secondary N) is 1. The molecule has 0 aliphatic rings. The number of hydrogen-bond acceptors (Lipinski definition) is 5. The van der Waals surface area contributed by atoms with Crippen LogP contribution in [0.5, 0.6) is 0 Å².